The first-order valence-corrected chi connectivity index (χ1v) is 5.79. The van der Waals surface area contributed by atoms with Gasteiger partial charge in [-0.25, -0.2) is 4.98 Å². The maximum absolute atomic E-state index is 5.96. The van der Waals surface area contributed by atoms with Gasteiger partial charge in [-0.2, -0.15) is 4.98 Å². The first kappa shape index (κ1) is 11.8. The third-order valence-electron chi connectivity index (χ3n) is 2.65. The van der Waals surface area contributed by atoms with Crippen molar-refractivity contribution in [1.82, 2.24) is 19.7 Å². The molecule has 2 heterocycles. The second kappa shape index (κ2) is 5.09. The quantitative estimate of drug-likeness (QED) is 0.852. The lowest BCUT2D eigenvalue weighted by atomic mass is 10.1. The molecule has 0 spiro atoms. The van der Waals surface area contributed by atoms with E-state index in [-0.39, 0.29) is 6.04 Å². The molecule has 92 valence electrons. The Morgan fingerprint density at radius 3 is 3.00 bits per heavy atom. The molecule has 0 aliphatic heterocycles. The minimum absolute atomic E-state index is 0.184. The lowest BCUT2D eigenvalue weighted by Crippen LogP contribution is -2.10. The molecule has 0 amide bonds. The second-order valence-electron chi connectivity index (χ2n) is 4.07. The molecule has 2 aromatic heterocycles. The molecule has 0 fully saturated rings. The fraction of sp³-hybridized carbons (Fsp3) is 0.545. The highest BCUT2D eigenvalue weighted by Gasteiger charge is 2.17. The first-order chi connectivity index (χ1) is 8.22. The van der Waals surface area contributed by atoms with Crippen molar-refractivity contribution in [1.29, 1.82) is 0 Å². The second-order valence-corrected chi connectivity index (χ2v) is 4.07. The summed E-state index contributed by atoms with van der Waals surface area (Å²) < 4.78 is 7.00. The SMILES string of the molecule is CCCCC(N)c1nc(-c2nccn2C)no1. The summed E-state index contributed by atoms with van der Waals surface area (Å²) in [4.78, 5) is 8.44. The van der Waals surface area contributed by atoms with Crippen LogP contribution in [0.1, 0.15) is 38.1 Å². The molecule has 0 aliphatic carbocycles. The topological polar surface area (TPSA) is 82.8 Å². The van der Waals surface area contributed by atoms with Crippen LogP contribution in [-0.4, -0.2) is 19.7 Å². The number of hydrogen-bond acceptors (Lipinski definition) is 5. The van der Waals surface area contributed by atoms with Crippen LogP contribution in [0.5, 0.6) is 0 Å². The third kappa shape index (κ3) is 2.52. The van der Waals surface area contributed by atoms with Gasteiger partial charge >= 0.3 is 0 Å². The third-order valence-corrected chi connectivity index (χ3v) is 2.65. The highest BCUT2D eigenvalue weighted by Crippen LogP contribution is 2.18. The van der Waals surface area contributed by atoms with Crippen LogP contribution in [0.25, 0.3) is 11.6 Å². The molecule has 0 aliphatic rings. The molecular weight excluding hydrogens is 218 g/mol. The van der Waals surface area contributed by atoms with Gasteiger partial charge in [0.25, 0.3) is 0 Å². The molecule has 0 radical (unpaired) electrons. The van der Waals surface area contributed by atoms with Crippen LogP contribution in [0.3, 0.4) is 0 Å². The fourth-order valence-corrected chi connectivity index (χ4v) is 1.61. The maximum atomic E-state index is 5.96. The molecule has 17 heavy (non-hydrogen) atoms. The lowest BCUT2D eigenvalue weighted by Gasteiger charge is -2.03. The van der Waals surface area contributed by atoms with Crippen molar-refractivity contribution in [2.24, 2.45) is 12.8 Å². The number of imidazole rings is 1. The van der Waals surface area contributed by atoms with Gasteiger partial charge in [-0.1, -0.05) is 24.9 Å². The van der Waals surface area contributed by atoms with Gasteiger partial charge in [0.05, 0.1) is 6.04 Å². The Balaban J connectivity index is 2.13. The van der Waals surface area contributed by atoms with Crippen LogP contribution in [0.4, 0.5) is 0 Å². The van der Waals surface area contributed by atoms with Gasteiger partial charge in [-0.15, -0.1) is 0 Å². The van der Waals surface area contributed by atoms with Crippen molar-refractivity contribution >= 4 is 0 Å². The molecule has 1 atom stereocenters. The maximum Gasteiger partial charge on any atom is 0.243 e. The van der Waals surface area contributed by atoms with Gasteiger partial charge in [-0.3, -0.25) is 0 Å². The van der Waals surface area contributed by atoms with Gasteiger partial charge in [-0.05, 0) is 6.42 Å². The van der Waals surface area contributed by atoms with Crippen molar-refractivity contribution in [3.05, 3.63) is 18.3 Å². The summed E-state index contributed by atoms with van der Waals surface area (Å²) in [6.45, 7) is 2.12. The summed E-state index contributed by atoms with van der Waals surface area (Å²) in [7, 11) is 1.88. The molecule has 2 N–H and O–H groups in total. The monoisotopic (exact) mass is 235 g/mol. The van der Waals surface area contributed by atoms with Gasteiger partial charge in [0, 0.05) is 19.4 Å². The Morgan fingerprint density at radius 2 is 2.35 bits per heavy atom. The average Bonchev–Trinajstić information content (AvgIpc) is 2.93. The molecule has 0 aromatic carbocycles. The van der Waals surface area contributed by atoms with Crippen LogP contribution < -0.4 is 5.73 Å². The van der Waals surface area contributed by atoms with Crippen LogP contribution in [0.15, 0.2) is 16.9 Å². The number of nitrogens with zero attached hydrogens (tertiary/aromatic N) is 4. The van der Waals surface area contributed by atoms with E-state index < -0.39 is 0 Å². The van der Waals surface area contributed by atoms with E-state index in [1.165, 1.54) is 0 Å². The fourth-order valence-electron chi connectivity index (χ4n) is 1.61. The summed E-state index contributed by atoms with van der Waals surface area (Å²) >= 11 is 0. The predicted molar refractivity (Wildman–Crippen MR) is 63.0 cm³/mol. The number of rotatable bonds is 5. The number of aromatic nitrogens is 4. The van der Waals surface area contributed by atoms with Crippen LogP contribution >= 0.6 is 0 Å². The normalized spacial score (nSPS) is 12.9. The highest BCUT2D eigenvalue weighted by molar-refractivity contribution is 5.42. The van der Waals surface area contributed by atoms with Crippen molar-refractivity contribution in [2.75, 3.05) is 0 Å². The molecule has 0 bridgehead atoms. The minimum atomic E-state index is -0.184. The summed E-state index contributed by atoms with van der Waals surface area (Å²) in [5.41, 5.74) is 5.96. The standard InChI is InChI=1S/C11H17N5O/c1-3-4-5-8(12)11-14-9(15-17-11)10-13-6-7-16(10)2/h6-8H,3-5,12H2,1-2H3. The summed E-state index contributed by atoms with van der Waals surface area (Å²) in [6.07, 6.45) is 6.55. The molecule has 0 saturated heterocycles. The van der Waals surface area contributed by atoms with E-state index >= 15 is 0 Å². The molecule has 1 unspecified atom stereocenters. The Bertz CT molecular complexity index is 476. The number of hydrogen-bond donors (Lipinski definition) is 1. The molecule has 0 saturated carbocycles. The van der Waals surface area contributed by atoms with E-state index in [4.69, 9.17) is 10.3 Å². The van der Waals surface area contributed by atoms with Gasteiger partial charge in [0.15, 0.2) is 5.82 Å². The lowest BCUT2D eigenvalue weighted by molar-refractivity contribution is 0.346. The number of nitrogens with two attached hydrogens (primary N) is 1. The molecule has 2 aromatic rings. The van der Waals surface area contributed by atoms with Gasteiger partial charge in [0.2, 0.25) is 11.7 Å². The number of unbranched alkanes of at least 4 members (excludes halogenated alkanes) is 1. The summed E-state index contributed by atoms with van der Waals surface area (Å²) in [5, 5.41) is 3.90. The summed E-state index contributed by atoms with van der Waals surface area (Å²) in [6, 6.07) is -0.184. The van der Waals surface area contributed by atoms with E-state index in [1.807, 2.05) is 17.8 Å². The molecular formula is C11H17N5O. The van der Waals surface area contributed by atoms with E-state index in [0.717, 1.165) is 19.3 Å². The zero-order valence-electron chi connectivity index (χ0n) is 10.1. The van der Waals surface area contributed by atoms with Gasteiger partial charge in [0.1, 0.15) is 0 Å². The van der Waals surface area contributed by atoms with Crippen molar-refractivity contribution in [3.8, 4) is 11.6 Å². The van der Waals surface area contributed by atoms with Gasteiger partial charge < -0.3 is 14.8 Å². The molecule has 6 heteroatoms. The molecule has 6 nitrogen and oxygen atoms in total. The van der Waals surface area contributed by atoms with Crippen LogP contribution in [0.2, 0.25) is 0 Å². The van der Waals surface area contributed by atoms with E-state index in [2.05, 4.69) is 22.0 Å². The minimum Gasteiger partial charge on any atom is -0.337 e. The zero-order valence-corrected chi connectivity index (χ0v) is 10.1. The van der Waals surface area contributed by atoms with Crippen molar-refractivity contribution in [2.45, 2.75) is 32.2 Å². The van der Waals surface area contributed by atoms with Crippen molar-refractivity contribution in [3.63, 3.8) is 0 Å². The largest absolute Gasteiger partial charge is 0.337 e. The van der Waals surface area contributed by atoms with E-state index in [0.29, 0.717) is 17.5 Å². The Morgan fingerprint density at radius 1 is 1.53 bits per heavy atom. The number of aryl methyl sites for hydroxylation is 1. The smallest absolute Gasteiger partial charge is 0.243 e. The Labute approximate surface area is 99.8 Å². The van der Waals surface area contributed by atoms with Crippen LogP contribution in [0, 0.1) is 0 Å². The molecule has 2 rings (SSSR count). The Hall–Kier alpha value is -1.69. The van der Waals surface area contributed by atoms with Crippen molar-refractivity contribution < 1.29 is 4.52 Å². The predicted octanol–water partition coefficient (Wildman–Crippen LogP) is 1.66. The first-order valence-electron chi connectivity index (χ1n) is 5.79. The van der Waals surface area contributed by atoms with E-state index in [1.54, 1.807) is 6.20 Å². The Kier molecular flexibility index (Phi) is 3.53. The van der Waals surface area contributed by atoms with Crippen LogP contribution in [-0.2, 0) is 7.05 Å². The zero-order chi connectivity index (χ0) is 12.3. The highest BCUT2D eigenvalue weighted by atomic mass is 16.5. The average molecular weight is 235 g/mol. The summed E-state index contributed by atoms with van der Waals surface area (Å²) in [5.74, 6) is 1.65. The van der Waals surface area contributed by atoms with E-state index in [9.17, 15) is 0 Å².